The molecule has 2 heterocycles. The minimum Gasteiger partial charge on any atom is -0.379 e. The van der Waals surface area contributed by atoms with Crippen LogP contribution in [0.25, 0.3) is 0 Å². The number of nitrogens with one attached hydrogen (secondary N) is 1. The van der Waals surface area contributed by atoms with Crippen LogP contribution in [0.5, 0.6) is 0 Å². The van der Waals surface area contributed by atoms with Gasteiger partial charge < -0.3 is 4.74 Å². The molecule has 1 aliphatic carbocycles. The van der Waals surface area contributed by atoms with Crippen molar-refractivity contribution in [3.63, 3.8) is 0 Å². The van der Waals surface area contributed by atoms with Crippen LogP contribution in [-0.4, -0.2) is 55.0 Å². The summed E-state index contributed by atoms with van der Waals surface area (Å²) in [5, 5.41) is 3.97. The normalized spacial score (nSPS) is 23.2. The fraction of sp³-hybridized carbons (Fsp3) is 0.769. The molecule has 1 fully saturated rings. The Bertz CT molecular complexity index is 683. The molecule has 24 heavy (non-hydrogen) atoms. The lowest BCUT2D eigenvalue weighted by Gasteiger charge is -2.29. The SMILES string of the molecule is O=S(=O)(N[C@H]1CCCc2cn(CC(F)(F)F)nc21)N1CCOCC1. The molecule has 1 saturated heterocycles. The Morgan fingerprint density at radius 1 is 1.33 bits per heavy atom. The van der Waals surface area contributed by atoms with Crippen LogP contribution in [0.1, 0.15) is 30.1 Å². The van der Waals surface area contributed by atoms with E-state index in [0.29, 0.717) is 43.7 Å². The summed E-state index contributed by atoms with van der Waals surface area (Å²) in [5.41, 5.74) is 1.06. The lowest BCUT2D eigenvalue weighted by atomic mass is 9.94. The minimum absolute atomic E-state index is 0.261. The Morgan fingerprint density at radius 3 is 2.71 bits per heavy atom. The van der Waals surface area contributed by atoms with Gasteiger partial charge in [-0.3, -0.25) is 4.68 Å². The number of morpholine rings is 1. The molecule has 2 aliphatic rings. The Balaban J connectivity index is 1.76. The number of ether oxygens (including phenoxy) is 1. The van der Waals surface area contributed by atoms with Gasteiger partial charge in [-0.15, -0.1) is 0 Å². The highest BCUT2D eigenvalue weighted by atomic mass is 32.2. The van der Waals surface area contributed by atoms with E-state index >= 15 is 0 Å². The van der Waals surface area contributed by atoms with Crippen LogP contribution in [-0.2, 0) is 27.9 Å². The average Bonchev–Trinajstić information content (AvgIpc) is 2.89. The predicted octanol–water partition coefficient (Wildman–Crippen LogP) is 0.989. The summed E-state index contributed by atoms with van der Waals surface area (Å²) in [4.78, 5) is 0. The molecule has 3 rings (SSSR count). The lowest BCUT2D eigenvalue weighted by Crippen LogP contribution is -2.48. The molecule has 0 spiro atoms. The predicted molar refractivity (Wildman–Crippen MR) is 78.4 cm³/mol. The first kappa shape index (κ1) is 17.6. The topological polar surface area (TPSA) is 76.5 Å². The number of fused-ring (bicyclic) bond motifs is 1. The van der Waals surface area contributed by atoms with Gasteiger partial charge in [-0.2, -0.15) is 35.7 Å². The molecule has 11 heteroatoms. The van der Waals surface area contributed by atoms with Crippen molar-refractivity contribution in [1.82, 2.24) is 18.8 Å². The first-order valence-electron chi connectivity index (χ1n) is 7.73. The summed E-state index contributed by atoms with van der Waals surface area (Å²) in [6.07, 6.45) is -1.20. The molecule has 7 nitrogen and oxygen atoms in total. The Labute approximate surface area is 137 Å². The van der Waals surface area contributed by atoms with Crippen LogP contribution < -0.4 is 4.72 Å². The van der Waals surface area contributed by atoms with Crippen LogP contribution >= 0.6 is 0 Å². The zero-order valence-corrected chi connectivity index (χ0v) is 13.7. The molecule has 1 aromatic heterocycles. The van der Waals surface area contributed by atoms with Crippen molar-refractivity contribution in [2.75, 3.05) is 26.3 Å². The van der Waals surface area contributed by atoms with Gasteiger partial charge >= 0.3 is 6.18 Å². The highest BCUT2D eigenvalue weighted by Gasteiger charge is 2.33. The van der Waals surface area contributed by atoms with Crippen molar-refractivity contribution >= 4 is 10.2 Å². The first-order valence-corrected chi connectivity index (χ1v) is 9.17. The number of aromatic nitrogens is 2. The third kappa shape index (κ3) is 4.08. The molecule has 0 amide bonds. The maximum Gasteiger partial charge on any atom is 0.408 e. The molecule has 0 bridgehead atoms. The van der Waals surface area contributed by atoms with E-state index < -0.39 is 29.0 Å². The van der Waals surface area contributed by atoms with Crippen LogP contribution in [0.4, 0.5) is 13.2 Å². The maximum absolute atomic E-state index is 12.5. The number of aryl methyl sites for hydroxylation is 1. The maximum atomic E-state index is 12.5. The van der Waals surface area contributed by atoms with Gasteiger partial charge in [0.1, 0.15) is 6.54 Å². The number of halogens is 3. The van der Waals surface area contributed by atoms with Crippen molar-refractivity contribution in [1.29, 1.82) is 0 Å². The molecule has 0 unspecified atom stereocenters. The van der Waals surface area contributed by atoms with E-state index in [-0.39, 0.29) is 13.1 Å². The number of rotatable bonds is 4. The number of alkyl halides is 3. The second-order valence-corrected chi connectivity index (χ2v) is 7.63. The van der Waals surface area contributed by atoms with E-state index in [1.165, 1.54) is 10.5 Å². The minimum atomic E-state index is -4.36. The third-order valence-corrected chi connectivity index (χ3v) is 5.71. The fourth-order valence-electron chi connectivity index (χ4n) is 3.02. The van der Waals surface area contributed by atoms with Gasteiger partial charge in [0.05, 0.1) is 24.9 Å². The lowest BCUT2D eigenvalue weighted by molar-refractivity contribution is -0.142. The smallest absolute Gasteiger partial charge is 0.379 e. The third-order valence-electron chi connectivity index (χ3n) is 4.08. The highest BCUT2D eigenvalue weighted by Crippen LogP contribution is 2.30. The van der Waals surface area contributed by atoms with Crippen molar-refractivity contribution in [2.45, 2.75) is 38.0 Å². The zero-order chi connectivity index (χ0) is 17.4. The van der Waals surface area contributed by atoms with Gasteiger partial charge in [0.2, 0.25) is 0 Å². The molecule has 1 aliphatic heterocycles. The van der Waals surface area contributed by atoms with E-state index in [4.69, 9.17) is 4.74 Å². The fourth-order valence-corrected chi connectivity index (χ4v) is 4.39. The molecule has 1 aromatic rings. The van der Waals surface area contributed by atoms with Gasteiger partial charge in [-0.1, -0.05) is 0 Å². The van der Waals surface area contributed by atoms with E-state index in [1.54, 1.807) is 0 Å². The van der Waals surface area contributed by atoms with Crippen LogP contribution in [0.15, 0.2) is 6.20 Å². The highest BCUT2D eigenvalue weighted by molar-refractivity contribution is 7.87. The summed E-state index contributed by atoms with van der Waals surface area (Å²) >= 11 is 0. The van der Waals surface area contributed by atoms with Gasteiger partial charge in [0.15, 0.2) is 0 Å². The van der Waals surface area contributed by atoms with Gasteiger partial charge in [-0.05, 0) is 24.8 Å². The molecule has 0 aromatic carbocycles. The Hall–Kier alpha value is -1.17. The van der Waals surface area contributed by atoms with Gasteiger partial charge in [-0.25, -0.2) is 0 Å². The number of nitrogens with zero attached hydrogens (tertiary/aromatic N) is 3. The largest absolute Gasteiger partial charge is 0.408 e. The summed E-state index contributed by atoms with van der Waals surface area (Å²) in [7, 11) is -3.72. The van der Waals surface area contributed by atoms with Gasteiger partial charge in [0.25, 0.3) is 10.2 Å². The molecule has 136 valence electrons. The molecule has 0 radical (unpaired) electrons. The number of hydrogen-bond acceptors (Lipinski definition) is 4. The van der Waals surface area contributed by atoms with E-state index in [0.717, 1.165) is 4.68 Å². The molecule has 1 atom stereocenters. The summed E-state index contributed by atoms with van der Waals surface area (Å²) < 4.78 is 72.3. The summed E-state index contributed by atoms with van der Waals surface area (Å²) in [6.45, 7) is 0.00581. The Morgan fingerprint density at radius 2 is 2.04 bits per heavy atom. The molecular weight excluding hydrogens is 349 g/mol. The summed E-state index contributed by atoms with van der Waals surface area (Å²) in [6, 6.07) is -0.601. The second-order valence-electron chi connectivity index (χ2n) is 5.93. The van der Waals surface area contributed by atoms with Crippen molar-refractivity contribution < 1.29 is 26.3 Å². The van der Waals surface area contributed by atoms with Crippen LogP contribution in [0.2, 0.25) is 0 Å². The zero-order valence-electron chi connectivity index (χ0n) is 12.9. The quantitative estimate of drug-likeness (QED) is 0.860. The van der Waals surface area contributed by atoms with Gasteiger partial charge in [0, 0.05) is 19.3 Å². The molecular formula is C13H19F3N4O3S. The standard InChI is InChI=1S/C13H19F3N4O3S/c14-13(15,16)9-19-8-10-2-1-3-11(12(10)17-19)18-24(21,22)20-4-6-23-7-5-20/h8,11,18H,1-7,9H2/t11-/m0/s1. The van der Waals surface area contributed by atoms with E-state index in [2.05, 4.69) is 9.82 Å². The molecule has 0 saturated carbocycles. The van der Waals surface area contributed by atoms with Crippen molar-refractivity contribution in [2.24, 2.45) is 0 Å². The van der Waals surface area contributed by atoms with Crippen LogP contribution in [0.3, 0.4) is 0 Å². The molecule has 1 N–H and O–H groups in total. The Kier molecular flexibility index (Phi) is 4.87. The monoisotopic (exact) mass is 368 g/mol. The van der Waals surface area contributed by atoms with Crippen LogP contribution in [0, 0.1) is 0 Å². The van der Waals surface area contributed by atoms with Crippen molar-refractivity contribution in [3.8, 4) is 0 Å². The van der Waals surface area contributed by atoms with E-state index in [1.807, 2.05) is 0 Å². The summed E-state index contributed by atoms with van der Waals surface area (Å²) in [5.74, 6) is 0. The average molecular weight is 368 g/mol. The second kappa shape index (κ2) is 6.62. The van der Waals surface area contributed by atoms with E-state index in [9.17, 15) is 21.6 Å². The van der Waals surface area contributed by atoms with Crippen molar-refractivity contribution in [3.05, 3.63) is 17.5 Å². The first-order chi connectivity index (χ1) is 11.2. The number of hydrogen-bond donors (Lipinski definition) is 1.